The highest BCUT2D eigenvalue weighted by Gasteiger charge is 2.27. The molecule has 1 saturated heterocycles. The van der Waals surface area contributed by atoms with E-state index >= 15 is 0 Å². The van der Waals surface area contributed by atoms with Crippen molar-refractivity contribution in [3.8, 4) is 0 Å². The summed E-state index contributed by atoms with van der Waals surface area (Å²) in [5.41, 5.74) is 6.86. The quantitative estimate of drug-likeness (QED) is 0.648. The second-order valence-electron chi connectivity index (χ2n) is 6.63. The molecule has 1 aromatic carbocycles. The SMILES string of the molecule is CN(C(N)=NCc1cccc(S(=O)(=O)N2CCCCC2)c1)C1CC1. The molecule has 0 atom stereocenters. The highest BCUT2D eigenvalue weighted by atomic mass is 32.2. The molecular weight excluding hydrogens is 324 g/mol. The first-order valence-corrected chi connectivity index (χ1v) is 10.0. The highest BCUT2D eigenvalue weighted by Crippen LogP contribution is 2.25. The third-order valence-corrected chi connectivity index (χ3v) is 6.63. The van der Waals surface area contributed by atoms with Gasteiger partial charge in [-0.05, 0) is 43.4 Å². The van der Waals surface area contributed by atoms with Crippen LogP contribution in [0.15, 0.2) is 34.2 Å². The highest BCUT2D eigenvalue weighted by molar-refractivity contribution is 7.89. The van der Waals surface area contributed by atoms with Gasteiger partial charge in [0.1, 0.15) is 0 Å². The zero-order chi connectivity index (χ0) is 17.2. The maximum absolute atomic E-state index is 12.7. The Morgan fingerprint density at radius 1 is 1.29 bits per heavy atom. The summed E-state index contributed by atoms with van der Waals surface area (Å²) in [5, 5.41) is 0. The van der Waals surface area contributed by atoms with Crippen LogP contribution in [0.3, 0.4) is 0 Å². The predicted molar refractivity (Wildman–Crippen MR) is 95.2 cm³/mol. The van der Waals surface area contributed by atoms with Gasteiger partial charge < -0.3 is 10.6 Å². The molecule has 1 aromatic rings. The van der Waals surface area contributed by atoms with Crippen LogP contribution in [0, 0.1) is 0 Å². The summed E-state index contributed by atoms with van der Waals surface area (Å²) in [6.45, 7) is 1.62. The summed E-state index contributed by atoms with van der Waals surface area (Å²) in [4.78, 5) is 6.75. The summed E-state index contributed by atoms with van der Waals surface area (Å²) in [5.74, 6) is 0.516. The van der Waals surface area contributed by atoms with E-state index in [2.05, 4.69) is 4.99 Å². The van der Waals surface area contributed by atoms with Crippen molar-refractivity contribution in [2.75, 3.05) is 20.1 Å². The van der Waals surface area contributed by atoms with Crippen LogP contribution in [0.4, 0.5) is 0 Å². The molecule has 0 aromatic heterocycles. The molecule has 0 amide bonds. The lowest BCUT2D eigenvalue weighted by Gasteiger charge is -2.26. The van der Waals surface area contributed by atoms with Gasteiger partial charge in [0.2, 0.25) is 10.0 Å². The maximum atomic E-state index is 12.7. The van der Waals surface area contributed by atoms with Crippen LogP contribution in [-0.4, -0.2) is 49.8 Å². The average molecular weight is 350 g/mol. The molecule has 7 heteroatoms. The number of sulfonamides is 1. The van der Waals surface area contributed by atoms with Gasteiger partial charge in [0.05, 0.1) is 11.4 Å². The maximum Gasteiger partial charge on any atom is 0.243 e. The van der Waals surface area contributed by atoms with Gasteiger partial charge in [-0.2, -0.15) is 4.31 Å². The molecule has 0 spiro atoms. The van der Waals surface area contributed by atoms with Crippen LogP contribution in [0.1, 0.15) is 37.7 Å². The van der Waals surface area contributed by atoms with Gasteiger partial charge in [0.25, 0.3) is 0 Å². The molecule has 6 nitrogen and oxygen atoms in total. The molecule has 0 bridgehead atoms. The Morgan fingerprint density at radius 3 is 2.67 bits per heavy atom. The van der Waals surface area contributed by atoms with E-state index < -0.39 is 10.0 Å². The van der Waals surface area contributed by atoms with E-state index in [-0.39, 0.29) is 0 Å². The topological polar surface area (TPSA) is 79.0 Å². The molecule has 1 heterocycles. The number of benzene rings is 1. The molecule has 132 valence electrons. The van der Waals surface area contributed by atoms with Crippen LogP contribution in [0.2, 0.25) is 0 Å². The van der Waals surface area contributed by atoms with Gasteiger partial charge in [-0.3, -0.25) is 0 Å². The third-order valence-electron chi connectivity index (χ3n) is 4.73. The summed E-state index contributed by atoms with van der Waals surface area (Å²) in [6, 6.07) is 7.57. The minimum Gasteiger partial charge on any atom is -0.370 e. The number of nitrogens with two attached hydrogens (primary N) is 1. The van der Waals surface area contributed by atoms with Crippen molar-refractivity contribution in [1.29, 1.82) is 0 Å². The summed E-state index contributed by atoms with van der Waals surface area (Å²) >= 11 is 0. The van der Waals surface area contributed by atoms with Crippen molar-refractivity contribution in [2.24, 2.45) is 10.7 Å². The minimum absolute atomic E-state index is 0.353. The Balaban J connectivity index is 1.72. The lowest BCUT2D eigenvalue weighted by Crippen LogP contribution is -2.36. The number of guanidine groups is 1. The minimum atomic E-state index is -3.40. The molecule has 2 N–H and O–H groups in total. The van der Waals surface area contributed by atoms with Gasteiger partial charge in [-0.1, -0.05) is 18.6 Å². The van der Waals surface area contributed by atoms with Gasteiger partial charge in [0, 0.05) is 26.2 Å². The molecular formula is C17H26N4O2S. The predicted octanol–water partition coefficient (Wildman–Crippen LogP) is 1.77. The first kappa shape index (κ1) is 17.2. The molecule has 2 fully saturated rings. The van der Waals surface area contributed by atoms with Crippen LogP contribution in [0.5, 0.6) is 0 Å². The first-order chi connectivity index (χ1) is 11.5. The monoisotopic (exact) mass is 350 g/mol. The molecule has 1 aliphatic carbocycles. The van der Waals surface area contributed by atoms with E-state index in [0.717, 1.165) is 37.7 Å². The normalized spacial score (nSPS) is 20.1. The second-order valence-corrected chi connectivity index (χ2v) is 8.57. The number of rotatable bonds is 5. The molecule has 24 heavy (non-hydrogen) atoms. The first-order valence-electron chi connectivity index (χ1n) is 8.60. The van der Waals surface area contributed by atoms with Crippen LogP contribution in [0.25, 0.3) is 0 Å². The van der Waals surface area contributed by atoms with E-state index in [4.69, 9.17) is 5.73 Å². The van der Waals surface area contributed by atoms with E-state index in [1.807, 2.05) is 18.0 Å². The number of hydrogen-bond donors (Lipinski definition) is 1. The molecule has 3 rings (SSSR count). The van der Waals surface area contributed by atoms with Gasteiger partial charge in [0.15, 0.2) is 5.96 Å². The molecule has 1 aliphatic heterocycles. The zero-order valence-corrected chi connectivity index (χ0v) is 15.0. The average Bonchev–Trinajstić information content (AvgIpc) is 3.45. The Labute approximate surface area is 144 Å². The standard InChI is InChI=1S/C17H26N4O2S/c1-20(15-8-9-15)17(18)19-13-14-6-5-7-16(12-14)24(22,23)21-10-3-2-4-11-21/h5-7,12,15H,2-4,8-11,13H2,1H3,(H2,18,19). The van der Waals surface area contributed by atoms with E-state index in [0.29, 0.717) is 36.5 Å². The fourth-order valence-electron chi connectivity index (χ4n) is 2.99. The van der Waals surface area contributed by atoms with Crippen molar-refractivity contribution in [3.63, 3.8) is 0 Å². The summed E-state index contributed by atoms with van der Waals surface area (Å²) in [6.07, 6.45) is 5.31. The van der Waals surface area contributed by atoms with Crippen molar-refractivity contribution in [1.82, 2.24) is 9.21 Å². The fraction of sp³-hybridized carbons (Fsp3) is 0.588. The fourth-order valence-corrected chi connectivity index (χ4v) is 4.58. The van der Waals surface area contributed by atoms with Crippen molar-refractivity contribution in [3.05, 3.63) is 29.8 Å². The van der Waals surface area contributed by atoms with Crippen LogP contribution in [-0.2, 0) is 16.6 Å². The van der Waals surface area contributed by atoms with Crippen LogP contribution < -0.4 is 5.73 Å². The number of piperidine rings is 1. The Kier molecular flexibility index (Phi) is 5.10. The van der Waals surface area contributed by atoms with Crippen molar-refractivity contribution < 1.29 is 8.42 Å². The van der Waals surface area contributed by atoms with Crippen LogP contribution >= 0.6 is 0 Å². The number of nitrogens with zero attached hydrogens (tertiary/aromatic N) is 3. The summed E-state index contributed by atoms with van der Waals surface area (Å²) in [7, 11) is -1.45. The molecule has 0 radical (unpaired) electrons. The third kappa shape index (κ3) is 3.89. The van der Waals surface area contributed by atoms with E-state index in [9.17, 15) is 8.42 Å². The lowest BCUT2D eigenvalue weighted by molar-refractivity contribution is 0.346. The molecule has 1 saturated carbocycles. The molecule has 0 unspecified atom stereocenters. The van der Waals surface area contributed by atoms with Gasteiger partial charge >= 0.3 is 0 Å². The zero-order valence-electron chi connectivity index (χ0n) is 14.2. The van der Waals surface area contributed by atoms with Crippen molar-refractivity contribution >= 4 is 16.0 Å². The van der Waals surface area contributed by atoms with E-state index in [1.165, 1.54) is 0 Å². The summed E-state index contributed by atoms with van der Waals surface area (Å²) < 4.78 is 27.1. The van der Waals surface area contributed by atoms with Crippen molar-refractivity contribution in [2.45, 2.75) is 49.6 Å². The van der Waals surface area contributed by atoms with Gasteiger partial charge in [-0.25, -0.2) is 13.4 Å². The Morgan fingerprint density at radius 2 is 2.00 bits per heavy atom. The number of aliphatic imine (C=N–C) groups is 1. The smallest absolute Gasteiger partial charge is 0.243 e. The Bertz CT molecular complexity index is 707. The van der Waals surface area contributed by atoms with Gasteiger partial charge in [-0.15, -0.1) is 0 Å². The largest absolute Gasteiger partial charge is 0.370 e. The lowest BCUT2D eigenvalue weighted by atomic mass is 10.2. The number of hydrogen-bond acceptors (Lipinski definition) is 3. The second kappa shape index (κ2) is 7.11. The Hall–Kier alpha value is -1.60. The molecule has 2 aliphatic rings. The van der Waals surface area contributed by atoms with E-state index in [1.54, 1.807) is 22.5 Å².